The largest absolute Gasteiger partial charge is 0.448 e. The second kappa shape index (κ2) is 8.13. The maximum absolute atomic E-state index is 12.5. The molecule has 3 rings (SSSR count). The number of amides is 3. The summed E-state index contributed by atoms with van der Waals surface area (Å²) in [5.41, 5.74) is 1.52. The van der Waals surface area contributed by atoms with Gasteiger partial charge in [-0.25, -0.2) is 22.7 Å². The van der Waals surface area contributed by atoms with Gasteiger partial charge in [0.05, 0.1) is 12.8 Å². The minimum atomic E-state index is -3.30. The lowest BCUT2D eigenvalue weighted by Crippen LogP contribution is -2.50. The van der Waals surface area contributed by atoms with Gasteiger partial charge in [0, 0.05) is 31.4 Å². The van der Waals surface area contributed by atoms with E-state index in [1.807, 2.05) is 18.2 Å². The lowest BCUT2D eigenvalue weighted by atomic mass is 10.1. The first-order chi connectivity index (χ1) is 12.8. The van der Waals surface area contributed by atoms with Gasteiger partial charge in [0.15, 0.2) is 0 Å². The molecule has 27 heavy (non-hydrogen) atoms. The van der Waals surface area contributed by atoms with Gasteiger partial charge in [-0.2, -0.15) is 0 Å². The van der Waals surface area contributed by atoms with E-state index in [2.05, 4.69) is 10.0 Å². The number of urea groups is 1. The summed E-state index contributed by atoms with van der Waals surface area (Å²) in [4.78, 5) is 27.3. The maximum atomic E-state index is 12.5. The number of nitrogens with zero attached hydrogens (tertiary/aromatic N) is 2. The minimum absolute atomic E-state index is 0.271. The van der Waals surface area contributed by atoms with Crippen LogP contribution in [0.5, 0.6) is 0 Å². The SMILES string of the molecule is CS(=O)(=O)N[C@H]1CCCN(C(=O)Nc2cccc(CN3CCOC3=O)c2)C1. The number of ether oxygens (including phenoxy) is 1. The highest BCUT2D eigenvalue weighted by atomic mass is 32.2. The van der Waals surface area contributed by atoms with E-state index in [1.165, 1.54) is 0 Å². The first-order valence-corrected chi connectivity index (χ1v) is 10.7. The summed E-state index contributed by atoms with van der Waals surface area (Å²) in [6.45, 7) is 2.28. The molecular weight excluding hydrogens is 372 g/mol. The van der Waals surface area contributed by atoms with Gasteiger partial charge in [-0.15, -0.1) is 0 Å². The zero-order valence-corrected chi connectivity index (χ0v) is 16.0. The van der Waals surface area contributed by atoms with Crippen LogP contribution in [0.4, 0.5) is 15.3 Å². The molecule has 0 spiro atoms. The van der Waals surface area contributed by atoms with Crippen LogP contribution in [0.2, 0.25) is 0 Å². The van der Waals surface area contributed by atoms with Crippen molar-refractivity contribution in [3.63, 3.8) is 0 Å². The lowest BCUT2D eigenvalue weighted by Gasteiger charge is -2.32. The zero-order chi connectivity index (χ0) is 19.4. The predicted octanol–water partition coefficient (Wildman–Crippen LogP) is 1.18. The summed E-state index contributed by atoms with van der Waals surface area (Å²) < 4.78 is 30.3. The fourth-order valence-electron chi connectivity index (χ4n) is 3.30. The Kier molecular flexibility index (Phi) is 5.85. The molecule has 1 atom stereocenters. The van der Waals surface area contributed by atoms with Crippen LogP contribution >= 0.6 is 0 Å². The van der Waals surface area contributed by atoms with Crippen LogP contribution < -0.4 is 10.0 Å². The Bertz CT molecular complexity index is 813. The molecule has 2 fully saturated rings. The van der Waals surface area contributed by atoms with Crippen LogP contribution in [-0.2, 0) is 21.3 Å². The van der Waals surface area contributed by atoms with E-state index in [0.29, 0.717) is 44.9 Å². The molecule has 148 valence electrons. The van der Waals surface area contributed by atoms with Crippen LogP contribution in [0.3, 0.4) is 0 Å². The van der Waals surface area contributed by atoms with Crippen molar-refractivity contribution in [2.45, 2.75) is 25.4 Å². The maximum Gasteiger partial charge on any atom is 0.410 e. The fraction of sp³-hybridized carbons (Fsp3) is 0.529. The summed E-state index contributed by atoms with van der Waals surface area (Å²) in [6, 6.07) is 6.75. The van der Waals surface area contributed by atoms with Gasteiger partial charge in [0.25, 0.3) is 0 Å². The average molecular weight is 396 g/mol. The molecule has 2 aliphatic rings. The number of hydrogen-bond acceptors (Lipinski definition) is 5. The smallest absolute Gasteiger partial charge is 0.410 e. The van der Waals surface area contributed by atoms with Crippen molar-refractivity contribution in [1.29, 1.82) is 0 Å². The second-order valence-electron chi connectivity index (χ2n) is 6.84. The molecule has 0 saturated carbocycles. The van der Waals surface area contributed by atoms with Crippen molar-refractivity contribution in [1.82, 2.24) is 14.5 Å². The first-order valence-electron chi connectivity index (χ1n) is 8.84. The molecule has 9 nitrogen and oxygen atoms in total. The Balaban J connectivity index is 1.58. The third-order valence-electron chi connectivity index (χ3n) is 4.49. The van der Waals surface area contributed by atoms with E-state index < -0.39 is 10.0 Å². The number of rotatable bonds is 5. The minimum Gasteiger partial charge on any atom is -0.448 e. The van der Waals surface area contributed by atoms with Gasteiger partial charge in [-0.05, 0) is 30.5 Å². The molecule has 2 heterocycles. The van der Waals surface area contributed by atoms with Crippen LogP contribution in [0.15, 0.2) is 24.3 Å². The molecule has 0 aliphatic carbocycles. The third kappa shape index (κ3) is 5.57. The molecular formula is C17H24N4O5S. The fourth-order valence-corrected chi connectivity index (χ4v) is 4.10. The second-order valence-corrected chi connectivity index (χ2v) is 8.62. The Morgan fingerprint density at radius 2 is 2.15 bits per heavy atom. The van der Waals surface area contributed by atoms with Crippen LogP contribution in [0.25, 0.3) is 0 Å². The number of piperidine rings is 1. The van der Waals surface area contributed by atoms with Crippen molar-refractivity contribution in [3.05, 3.63) is 29.8 Å². The number of carbonyl (C=O) groups excluding carboxylic acids is 2. The summed E-state index contributed by atoms with van der Waals surface area (Å²) in [7, 11) is -3.30. The topological polar surface area (TPSA) is 108 Å². The summed E-state index contributed by atoms with van der Waals surface area (Å²) in [5.74, 6) is 0. The van der Waals surface area contributed by atoms with Gasteiger partial charge >= 0.3 is 12.1 Å². The Morgan fingerprint density at radius 1 is 1.33 bits per heavy atom. The molecule has 1 aromatic carbocycles. The molecule has 3 amide bonds. The van der Waals surface area contributed by atoms with Crippen molar-refractivity contribution < 1.29 is 22.7 Å². The van der Waals surface area contributed by atoms with Crippen molar-refractivity contribution in [2.24, 2.45) is 0 Å². The first kappa shape index (κ1) is 19.4. The number of anilines is 1. The third-order valence-corrected chi connectivity index (χ3v) is 5.25. The normalized spacial score (nSPS) is 20.5. The standard InChI is InChI=1S/C17H24N4O5S/c1-27(24,25)19-15-6-3-7-20(12-15)16(22)18-14-5-2-4-13(10-14)11-21-8-9-26-17(21)23/h2,4-5,10,15,19H,3,6-9,11-12H2,1H3,(H,18,22)/t15-/m0/s1. The summed E-state index contributed by atoms with van der Waals surface area (Å²) in [5, 5.41) is 2.85. The van der Waals surface area contributed by atoms with Crippen molar-refractivity contribution >= 4 is 27.8 Å². The van der Waals surface area contributed by atoms with Gasteiger partial charge in [-0.1, -0.05) is 12.1 Å². The van der Waals surface area contributed by atoms with Gasteiger partial charge in [0.1, 0.15) is 6.61 Å². The molecule has 0 bridgehead atoms. The number of benzene rings is 1. The highest BCUT2D eigenvalue weighted by molar-refractivity contribution is 7.88. The van der Waals surface area contributed by atoms with E-state index >= 15 is 0 Å². The van der Waals surface area contributed by atoms with Gasteiger partial charge in [-0.3, -0.25) is 0 Å². The Labute approximate surface area is 158 Å². The van der Waals surface area contributed by atoms with Crippen LogP contribution in [0.1, 0.15) is 18.4 Å². The predicted molar refractivity (Wildman–Crippen MR) is 99.8 cm³/mol. The molecule has 0 unspecified atom stereocenters. The van der Waals surface area contributed by atoms with Crippen LogP contribution in [-0.4, -0.2) is 68.9 Å². The quantitative estimate of drug-likeness (QED) is 0.777. The highest BCUT2D eigenvalue weighted by Crippen LogP contribution is 2.17. The number of carbonyl (C=O) groups is 2. The van der Waals surface area contributed by atoms with Crippen molar-refractivity contribution in [3.8, 4) is 0 Å². The van der Waals surface area contributed by atoms with Crippen molar-refractivity contribution in [2.75, 3.05) is 37.8 Å². The number of hydrogen-bond donors (Lipinski definition) is 2. The number of likely N-dealkylation sites (tertiary alicyclic amines) is 1. The molecule has 2 saturated heterocycles. The molecule has 10 heteroatoms. The van der Waals surface area contributed by atoms with E-state index in [-0.39, 0.29) is 18.2 Å². The number of sulfonamides is 1. The van der Waals surface area contributed by atoms with Crippen LogP contribution in [0, 0.1) is 0 Å². The van der Waals surface area contributed by atoms with E-state index in [0.717, 1.165) is 18.2 Å². The zero-order valence-electron chi connectivity index (χ0n) is 15.2. The number of nitrogens with one attached hydrogen (secondary N) is 2. The van der Waals surface area contributed by atoms with E-state index in [1.54, 1.807) is 15.9 Å². The molecule has 2 aliphatic heterocycles. The van der Waals surface area contributed by atoms with Gasteiger partial charge in [0.2, 0.25) is 10.0 Å². The monoisotopic (exact) mass is 396 g/mol. The molecule has 0 radical (unpaired) electrons. The number of cyclic esters (lactones) is 1. The Hall–Kier alpha value is -2.33. The van der Waals surface area contributed by atoms with E-state index in [9.17, 15) is 18.0 Å². The Morgan fingerprint density at radius 3 is 2.85 bits per heavy atom. The highest BCUT2D eigenvalue weighted by Gasteiger charge is 2.26. The molecule has 0 aromatic heterocycles. The summed E-state index contributed by atoms with van der Waals surface area (Å²) in [6.07, 6.45) is 2.23. The molecule has 1 aromatic rings. The average Bonchev–Trinajstić information content (AvgIpc) is 2.99. The van der Waals surface area contributed by atoms with E-state index in [4.69, 9.17) is 4.74 Å². The summed E-state index contributed by atoms with van der Waals surface area (Å²) >= 11 is 0. The lowest BCUT2D eigenvalue weighted by molar-refractivity contribution is 0.157. The van der Waals surface area contributed by atoms with Gasteiger partial charge < -0.3 is 19.9 Å². The molecule has 2 N–H and O–H groups in total.